The van der Waals surface area contributed by atoms with E-state index in [2.05, 4.69) is 33.0 Å². The van der Waals surface area contributed by atoms with E-state index in [1.165, 1.54) is 6.07 Å². The first kappa shape index (κ1) is 21.7. The van der Waals surface area contributed by atoms with Gasteiger partial charge in [0.1, 0.15) is 5.65 Å². The van der Waals surface area contributed by atoms with Crippen molar-refractivity contribution in [3.63, 3.8) is 0 Å². The first-order chi connectivity index (χ1) is 14.7. The van der Waals surface area contributed by atoms with Gasteiger partial charge in [-0.15, -0.1) is 0 Å². The Morgan fingerprint density at radius 1 is 1.16 bits per heavy atom. The highest BCUT2D eigenvalue weighted by molar-refractivity contribution is 9.10. The summed E-state index contributed by atoms with van der Waals surface area (Å²) in [5.41, 5.74) is 3.61. The fourth-order valence-electron chi connectivity index (χ4n) is 4.33. The molecule has 31 heavy (non-hydrogen) atoms. The molecule has 1 aliphatic heterocycles. The van der Waals surface area contributed by atoms with Gasteiger partial charge in [-0.2, -0.15) is 18.4 Å². The lowest BCUT2D eigenvalue weighted by Gasteiger charge is -2.33. The Balaban J connectivity index is 1.78. The van der Waals surface area contributed by atoms with Gasteiger partial charge in [0.05, 0.1) is 17.3 Å². The molecule has 0 amide bonds. The number of pyridine rings is 1. The second-order valence-corrected chi connectivity index (χ2v) is 8.97. The van der Waals surface area contributed by atoms with Crippen LogP contribution in [0.3, 0.4) is 0 Å². The second kappa shape index (κ2) is 8.19. The van der Waals surface area contributed by atoms with Gasteiger partial charge in [0.15, 0.2) is 0 Å². The molecule has 1 aromatic carbocycles. The third kappa shape index (κ3) is 4.16. The highest BCUT2D eigenvalue weighted by Crippen LogP contribution is 2.38. The molecule has 0 bridgehead atoms. The van der Waals surface area contributed by atoms with E-state index in [4.69, 9.17) is 10.2 Å². The average Bonchev–Trinajstić information content (AvgIpc) is 3.03. The lowest BCUT2D eigenvalue weighted by atomic mass is 9.93. The fraction of sp³-hybridized carbons (Fsp3) is 0.391. The van der Waals surface area contributed by atoms with Crippen molar-refractivity contribution >= 4 is 32.7 Å². The molecule has 3 aromatic rings. The molecule has 0 spiro atoms. The van der Waals surface area contributed by atoms with Crippen LogP contribution >= 0.6 is 15.9 Å². The zero-order valence-electron chi connectivity index (χ0n) is 17.3. The topological polar surface area (TPSA) is 44.9 Å². The molecule has 0 N–H and O–H groups in total. The van der Waals surface area contributed by atoms with E-state index in [0.29, 0.717) is 22.5 Å². The normalized spacial score (nSPS) is 15.5. The predicted molar refractivity (Wildman–Crippen MR) is 118 cm³/mol. The third-order valence-corrected chi connectivity index (χ3v) is 6.56. The van der Waals surface area contributed by atoms with Gasteiger partial charge in [0.2, 0.25) is 0 Å². The van der Waals surface area contributed by atoms with E-state index in [9.17, 15) is 13.2 Å². The molecule has 0 radical (unpaired) electrons. The van der Waals surface area contributed by atoms with Crippen molar-refractivity contribution in [3.8, 4) is 11.8 Å². The van der Waals surface area contributed by atoms with Gasteiger partial charge in [-0.1, -0.05) is 0 Å². The standard InChI is InChI=1S/C23H22BrF3N4/c1-14-13-31(19-4-3-17(12-18(19)24)23(25,26)27)22-21(14)20(11-15(2)29-22)30-9-6-16(5-8-28)7-10-30/h3-4,11-13,16H,5-7,9-10H2,1-2H3. The summed E-state index contributed by atoms with van der Waals surface area (Å²) in [6.45, 7) is 5.68. The highest BCUT2D eigenvalue weighted by atomic mass is 79.9. The molecular weight excluding hydrogens is 469 g/mol. The second-order valence-electron chi connectivity index (χ2n) is 8.12. The molecule has 1 fully saturated rings. The van der Waals surface area contributed by atoms with Crippen LogP contribution in [-0.4, -0.2) is 22.6 Å². The highest BCUT2D eigenvalue weighted by Gasteiger charge is 2.31. The Kier molecular flexibility index (Phi) is 5.73. The largest absolute Gasteiger partial charge is 0.416 e. The van der Waals surface area contributed by atoms with Gasteiger partial charge < -0.3 is 4.90 Å². The van der Waals surface area contributed by atoms with Gasteiger partial charge in [-0.25, -0.2) is 4.98 Å². The Labute approximate surface area is 187 Å². The van der Waals surface area contributed by atoms with Crippen LogP contribution in [0.1, 0.15) is 36.1 Å². The van der Waals surface area contributed by atoms with Crippen molar-refractivity contribution in [2.75, 3.05) is 18.0 Å². The monoisotopic (exact) mass is 490 g/mol. The minimum Gasteiger partial charge on any atom is -0.371 e. The Hall–Kier alpha value is -2.53. The zero-order valence-corrected chi connectivity index (χ0v) is 18.9. The predicted octanol–water partition coefficient (Wildman–Crippen LogP) is 6.55. The van der Waals surface area contributed by atoms with E-state index in [0.717, 1.165) is 66.0 Å². The molecule has 4 nitrogen and oxygen atoms in total. The lowest BCUT2D eigenvalue weighted by molar-refractivity contribution is -0.137. The first-order valence-electron chi connectivity index (χ1n) is 10.2. The summed E-state index contributed by atoms with van der Waals surface area (Å²) in [7, 11) is 0. The number of aryl methyl sites for hydroxylation is 2. The average molecular weight is 491 g/mol. The molecule has 4 rings (SSSR count). The quantitative estimate of drug-likeness (QED) is 0.417. The number of halogens is 4. The zero-order chi connectivity index (χ0) is 22.3. The maximum absolute atomic E-state index is 13.1. The molecule has 0 aliphatic carbocycles. The van der Waals surface area contributed by atoms with Gasteiger partial charge in [-0.3, -0.25) is 4.57 Å². The molecule has 2 aromatic heterocycles. The van der Waals surface area contributed by atoms with Gasteiger partial charge in [0.25, 0.3) is 0 Å². The summed E-state index contributed by atoms with van der Waals surface area (Å²) in [6, 6.07) is 8.02. The number of piperidine rings is 1. The van der Waals surface area contributed by atoms with Crippen LogP contribution in [0.4, 0.5) is 18.9 Å². The molecule has 1 saturated heterocycles. The van der Waals surface area contributed by atoms with Crippen molar-refractivity contribution in [2.24, 2.45) is 5.92 Å². The number of aromatic nitrogens is 2. The number of anilines is 1. The maximum Gasteiger partial charge on any atom is 0.416 e. The van der Waals surface area contributed by atoms with Crippen LogP contribution in [0.5, 0.6) is 0 Å². The van der Waals surface area contributed by atoms with Crippen LogP contribution in [0, 0.1) is 31.1 Å². The summed E-state index contributed by atoms with van der Waals surface area (Å²) >= 11 is 3.32. The Bertz CT molecular complexity index is 1170. The van der Waals surface area contributed by atoms with E-state index < -0.39 is 11.7 Å². The van der Waals surface area contributed by atoms with Crippen molar-refractivity contribution in [3.05, 3.63) is 51.8 Å². The van der Waals surface area contributed by atoms with Crippen molar-refractivity contribution in [2.45, 2.75) is 39.3 Å². The van der Waals surface area contributed by atoms with E-state index in [-0.39, 0.29) is 0 Å². The van der Waals surface area contributed by atoms with E-state index >= 15 is 0 Å². The van der Waals surface area contributed by atoms with Crippen molar-refractivity contribution in [1.29, 1.82) is 5.26 Å². The number of hydrogen-bond acceptors (Lipinski definition) is 3. The maximum atomic E-state index is 13.1. The molecular formula is C23H22BrF3N4. The number of rotatable bonds is 3. The molecule has 1 aliphatic rings. The minimum atomic E-state index is -4.39. The molecule has 0 saturated carbocycles. The number of nitriles is 1. The third-order valence-electron chi connectivity index (χ3n) is 5.92. The van der Waals surface area contributed by atoms with Crippen LogP contribution in [-0.2, 0) is 6.18 Å². The van der Waals surface area contributed by atoms with Gasteiger partial charge in [0, 0.05) is 46.9 Å². The molecule has 162 valence electrons. The van der Waals surface area contributed by atoms with Crippen LogP contribution in [0.15, 0.2) is 34.9 Å². The lowest BCUT2D eigenvalue weighted by Crippen LogP contribution is -2.33. The summed E-state index contributed by atoms with van der Waals surface area (Å²) < 4.78 is 41.5. The Morgan fingerprint density at radius 3 is 2.48 bits per heavy atom. The minimum absolute atomic E-state index is 0.362. The van der Waals surface area contributed by atoms with Gasteiger partial charge in [-0.05, 0) is 78.4 Å². The number of hydrogen-bond donors (Lipinski definition) is 0. The summed E-state index contributed by atoms with van der Waals surface area (Å²) in [4.78, 5) is 7.07. The van der Waals surface area contributed by atoms with Crippen molar-refractivity contribution < 1.29 is 13.2 Å². The van der Waals surface area contributed by atoms with Crippen LogP contribution in [0.2, 0.25) is 0 Å². The first-order valence-corrected chi connectivity index (χ1v) is 11.0. The summed E-state index contributed by atoms with van der Waals surface area (Å²) in [6.07, 6.45) is 0.0725. The number of alkyl halides is 3. The number of fused-ring (bicyclic) bond motifs is 1. The number of benzene rings is 1. The SMILES string of the molecule is Cc1cc(N2CCC(CC#N)CC2)c2c(C)cn(-c3ccc(C(F)(F)F)cc3Br)c2n1. The molecule has 0 unspecified atom stereocenters. The molecule has 3 heterocycles. The molecule has 0 atom stereocenters. The summed E-state index contributed by atoms with van der Waals surface area (Å²) in [5.74, 6) is 0.438. The molecule has 8 heteroatoms. The van der Waals surface area contributed by atoms with Crippen LogP contribution < -0.4 is 4.90 Å². The Morgan fingerprint density at radius 2 is 1.87 bits per heavy atom. The van der Waals surface area contributed by atoms with Crippen molar-refractivity contribution in [1.82, 2.24) is 9.55 Å². The van der Waals surface area contributed by atoms with Gasteiger partial charge >= 0.3 is 6.18 Å². The van der Waals surface area contributed by atoms with Crippen LogP contribution in [0.25, 0.3) is 16.7 Å². The fourth-order valence-corrected chi connectivity index (χ4v) is 4.90. The number of nitrogens with zero attached hydrogens (tertiary/aromatic N) is 4. The summed E-state index contributed by atoms with van der Waals surface area (Å²) in [5, 5.41) is 9.98. The smallest absolute Gasteiger partial charge is 0.371 e. The van der Waals surface area contributed by atoms with E-state index in [1.54, 1.807) is 0 Å². The van der Waals surface area contributed by atoms with E-state index in [1.807, 2.05) is 24.6 Å².